The lowest BCUT2D eigenvalue weighted by atomic mass is 9.70. The SMILES string of the molecule is CC1(C)[C@H]2CC[C@@]1(C)/C(=N/NC(=O)Cc1noc3ccccc13)C2. The van der Waals surface area contributed by atoms with E-state index in [1.54, 1.807) is 0 Å². The molecule has 2 atom stereocenters. The number of fused-ring (bicyclic) bond motifs is 3. The van der Waals surface area contributed by atoms with Gasteiger partial charge in [0, 0.05) is 16.5 Å². The lowest BCUT2D eigenvalue weighted by Gasteiger charge is -2.34. The number of para-hydroxylation sites is 1. The molecule has 2 aromatic rings. The van der Waals surface area contributed by atoms with Gasteiger partial charge in [-0.1, -0.05) is 38.1 Å². The van der Waals surface area contributed by atoms with E-state index in [2.05, 4.69) is 36.5 Å². The molecule has 5 nitrogen and oxygen atoms in total. The van der Waals surface area contributed by atoms with Crippen LogP contribution in [0.3, 0.4) is 0 Å². The molecule has 2 saturated carbocycles. The van der Waals surface area contributed by atoms with Crippen molar-refractivity contribution in [1.29, 1.82) is 0 Å². The summed E-state index contributed by atoms with van der Waals surface area (Å²) >= 11 is 0. The summed E-state index contributed by atoms with van der Waals surface area (Å²) in [6, 6.07) is 7.57. The average molecular weight is 325 g/mol. The maximum Gasteiger partial charge on any atom is 0.246 e. The molecule has 2 aliphatic rings. The van der Waals surface area contributed by atoms with Crippen molar-refractivity contribution in [3.63, 3.8) is 0 Å². The summed E-state index contributed by atoms with van der Waals surface area (Å²) < 4.78 is 5.25. The topological polar surface area (TPSA) is 67.5 Å². The lowest BCUT2D eigenvalue weighted by molar-refractivity contribution is -0.120. The van der Waals surface area contributed by atoms with Crippen LogP contribution in [0.4, 0.5) is 0 Å². The van der Waals surface area contributed by atoms with Gasteiger partial charge >= 0.3 is 0 Å². The zero-order chi connectivity index (χ0) is 16.9. The molecule has 0 saturated heterocycles. The van der Waals surface area contributed by atoms with Gasteiger partial charge in [-0.05, 0) is 42.7 Å². The second-order valence-electron chi connectivity index (χ2n) is 7.89. The number of aromatic nitrogens is 1. The number of hydrogen-bond acceptors (Lipinski definition) is 4. The van der Waals surface area contributed by atoms with Crippen LogP contribution < -0.4 is 5.43 Å². The molecule has 2 aliphatic carbocycles. The minimum Gasteiger partial charge on any atom is -0.356 e. The summed E-state index contributed by atoms with van der Waals surface area (Å²) in [5.41, 5.74) is 5.61. The molecule has 1 amide bonds. The number of benzene rings is 1. The van der Waals surface area contributed by atoms with Crippen LogP contribution >= 0.6 is 0 Å². The normalized spacial score (nSPS) is 29.5. The van der Waals surface area contributed by atoms with Crippen LogP contribution in [0.2, 0.25) is 0 Å². The van der Waals surface area contributed by atoms with Crippen molar-refractivity contribution in [2.75, 3.05) is 0 Å². The summed E-state index contributed by atoms with van der Waals surface area (Å²) in [5.74, 6) is 0.531. The smallest absolute Gasteiger partial charge is 0.246 e. The van der Waals surface area contributed by atoms with E-state index in [0.717, 1.165) is 23.9 Å². The fourth-order valence-electron chi connectivity index (χ4n) is 4.48. The molecule has 2 bridgehead atoms. The number of hydrogen-bond donors (Lipinski definition) is 1. The van der Waals surface area contributed by atoms with Crippen molar-refractivity contribution in [2.45, 2.75) is 46.5 Å². The monoisotopic (exact) mass is 325 g/mol. The molecule has 1 aromatic carbocycles. The van der Waals surface area contributed by atoms with Gasteiger partial charge in [0.2, 0.25) is 5.91 Å². The van der Waals surface area contributed by atoms with Gasteiger partial charge in [0.1, 0.15) is 5.69 Å². The highest BCUT2D eigenvalue weighted by molar-refractivity contribution is 5.95. The van der Waals surface area contributed by atoms with E-state index in [1.165, 1.54) is 6.42 Å². The summed E-state index contributed by atoms with van der Waals surface area (Å²) in [6.07, 6.45) is 3.60. The van der Waals surface area contributed by atoms with Crippen molar-refractivity contribution < 1.29 is 9.32 Å². The van der Waals surface area contributed by atoms with E-state index >= 15 is 0 Å². The number of carbonyl (C=O) groups excluding carboxylic acids is 1. The van der Waals surface area contributed by atoms with E-state index in [-0.39, 0.29) is 23.2 Å². The zero-order valence-electron chi connectivity index (χ0n) is 14.4. The molecular formula is C19H23N3O2. The van der Waals surface area contributed by atoms with Crippen LogP contribution in [0.5, 0.6) is 0 Å². The van der Waals surface area contributed by atoms with Crippen LogP contribution in [0.1, 0.15) is 45.7 Å². The number of rotatable bonds is 3. The Hall–Kier alpha value is -2.17. The van der Waals surface area contributed by atoms with Gasteiger partial charge in [-0.25, -0.2) is 5.43 Å². The molecule has 1 heterocycles. The third-order valence-electron chi connectivity index (χ3n) is 6.61. The minimum absolute atomic E-state index is 0.103. The van der Waals surface area contributed by atoms with Crippen LogP contribution in [0.15, 0.2) is 33.9 Å². The Bertz CT molecular complexity index is 836. The predicted octanol–water partition coefficient (Wildman–Crippen LogP) is 3.69. The van der Waals surface area contributed by atoms with Crippen LogP contribution in [0.25, 0.3) is 11.0 Å². The van der Waals surface area contributed by atoms with Gasteiger partial charge in [0.25, 0.3) is 0 Å². The molecule has 0 spiro atoms. The molecule has 1 aromatic heterocycles. The molecule has 4 rings (SSSR count). The highest BCUT2D eigenvalue weighted by Gasteiger charge is 2.59. The number of carbonyl (C=O) groups is 1. The molecular weight excluding hydrogens is 302 g/mol. The molecule has 0 unspecified atom stereocenters. The van der Waals surface area contributed by atoms with Crippen molar-refractivity contribution in [1.82, 2.24) is 10.6 Å². The molecule has 1 N–H and O–H groups in total. The fourth-order valence-corrected chi connectivity index (χ4v) is 4.48. The quantitative estimate of drug-likeness (QED) is 0.875. The summed E-state index contributed by atoms with van der Waals surface area (Å²) in [7, 11) is 0. The van der Waals surface area contributed by atoms with Crippen molar-refractivity contribution in [2.24, 2.45) is 21.8 Å². The van der Waals surface area contributed by atoms with Gasteiger partial charge in [-0.3, -0.25) is 4.79 Å². The summed E-state index contributed by atoms with van der Waals surface area (Å²) in [5, 5.41) is 9.38. The van der Waals surface area contributed by atoms with Crippen LogP contribution in [0, 0.1) is 16.7 Å². The summed E-state index contributed by atoms with van der Waals surface area (Å²) in [6.45, 7) is 6.95. The van der Waals surface area contributed by atoms with E-state index in [1.807, 2.05) is 24.3 Å². The van der Waals surface area contributed by atoms with Gasteiger partial charge in [0.05, 0.1) is 6.42 Å². The third-order valence-corrected chi connectivity index (χ3v) is 6.61. The zero-order valence-corrected chi connectivity index (χ0v) is 14.4. The van der Waals surface area contributed by atoms with Gasteiger partial charge in [0.15, 0.2) is 5.58 Å². The molecule has 0 radical (unpaired) electrons. The largest absolute Gasteiger partial charge is 0.356 e. The first-order valence-electron chi connectivity index (χ1n) is 8.61. The Balaban J connectivity index is 1.48. The Morgan fingerprint density at radius 3 is 2.88 bits per heavy atom. The predicted molar refractivity (Wildman–Crippen MR) is 92.5 cm³/mol. The average Bonchev–Trinajstić information content (AvgIpc) is 3.12. The first kappa shape index (κ1) is 15.4. The number of nitrogens with zero attached hydrogens (tertiary/aromatic N) is 2. The molecule has 24 heavy (non-hydrogen) atoms. The minimum atomic E-state index is -0.147. The Morgan fingerprint density at radius 1 is 1.38 bits per heavy atom. The molecule has 2 fully saturated rings. The maximum absolute atomic E-state index is 12.3. The second kappa shape index (κ2) is 5.16. The highest BCUT2D eigenvalue weighted by atomic mass is 16.5. The van der Waals surface area contributed by atoms with E-state index < -0.39 is 0 Å². The Labute approximate surface area is 141 Å². The van der Waals surface area contributed by atoms with E-state index in [0.29, 0.717) is 17.2 Å². The number of hydrazone groups is 1. The fraction of sp³-hybridized carbons (Fsp3) is 0.526. The van der Waals surface area contributed by atoms with Crippen LogP contribution in [-0.2, 0) is 11.2 Å². The first-order valence-corrected chi connectivity index (χ1v) is 8.61. The Kier molecular flexibility index (Phi) is 3.31. The van der Waals surface area contributed by atoms with Gasteiger partial charge in [-0.2, -0.15) is 5.10 Å². The number of nitrogens with one attached hydrogen (secondary N) is 1. The lowest BCUT2D eigenvalue weighted by Crippen LogP contribution is -2.34. The molecule has 0 aliphatic heterocycles. The van der Waals surface area contributed by atoms with Crippen molar-refractivity contribution >= 4 is 22.6 Å². The van der Waals surface area contributed by atoms with Gasteiger partial charge in [-0.15, -0.1) is 0 Å². The van der Waals surface area contributed by atoms with E-state index in [9.17, 15) is 4.79 Å². The van der Waals surface area contributed by atoms with Crippen molar-refractivity contribution in [3.05, 3.63) is 30.0 Å². The standard InChI is InChI=1S/C19H23N3O2/c1-18(2)12-8-9-19(18,3)16(10-12)20-21-17(23)11-14-13-6-4-5-7-15(13)24-22-14/h4-7,12H,8-11H2,1-3H3,(H,21,23)/b20-16+/t12-,19-/m0/s1. The van der Waals surface area contributed by atoms with Crippen LogP contribution in [-0.4, -0.2) is 16.8 Å². The molecule has 126 valence electrons. The van der Waals surface area contributed by atoms with E-state index in [4.69, 9.17) is 4.52 Å². The first-order chi connectivity index (χ1) is 11.4. The molecule has 5 heteroatoms. The summed E-state index contributed by atoms with van der Waals surface area (Å²) in [4.78, 5) is 12.3. The number of amides is 1. The van der Waals surface area contributed by atoms with Gasteiger partial charge < -0.3 is 4.52 Å². The maximum atomic E-state index is 12.3. The highest BCUT2D eigenvalue weighted by Crippen LogP contribution is 2.63. The van der Waals surface area contributed by atoms with Crippen molar-refractivity contribution in [3.8, 4) is 0 Å². The third kappa shape index (κ3) is 2.10. The Morgan fingerprint density at radius 2 is 2.17 bits per heavy atom. The second-order valence-corrected chi connectivity index (χ2v) is 7.89.